The summed E-state index contributed by atoms with van der Waals surface area (Å²) in [5, 5.41) is 3.42. The maximum Gasteiger partial charge on any atom is 0.128 e. The molecule has 0 saturated carbocycles. The molecule has 0 fully saturated rings. The van der Waals surface area contributed by atoms with Crippen LogP contribution in [0.1, 0.15) is 16.8 Å². The third-order valence-corrected chi connectivity index (χ3v) is 4.00. The molecule has 0 unspecified atom stereocenters. The molecule has 0 aliphatic rings. The predicted molar refractivity (Wildman–Crippen MR) is 85.8 cm³/mol. The third-order valence-electron chi connectivity index (χ3n) is 3.28. The normalized spacial score (nSPS) is 10.4. The zero-order valence-electron chi connectivity index (χ0n) is 12.4. The number of hydrogen-bond donors (Lipinski definition) is 1. The van der Waals surface area contributed by atoms with Crippen LogP contribution in [0.3, 0.4) is 0 Å². The Hall–Kier alpha value is -1.68. The standard InChI is InChI=1S/C16H20N2OS/c1-11-9-18-15(12(2)16(11)19-3)10-17-13-6-5-7-14(8-13)20-4/h5-9,17H,10H2,1-4H3. The lowest BCUT2D eigenvalue weighted by Gasteiger charge is -2.13. The fourth-order valence-electron chi connectivity index (χ4n) is 2.17. The molecule has 0 aliphatic carbocycles. The molecule has 1 N–H and O–H groups in total. The maximum absolute atomic E-state index is 5.43. The number of aromatic nitrogens is 1. The topological polar surface area (TPSA) is 34.1 Å². The Bertz CT molecular complexity index is 599. The average Bonchev–Trinajstić information content (AvgIpc) is 2.47. The summed E-state index contributed by atoms with van der Waals surface area (Å²) in [6.07, 6.45) is 3.94. The Kier molecular flexibility index (Phi) is 4.90. The molecule has 3 nitrogen and oxygen atoms in total. The number of rotatable bonds is 5. The van der Waals surface area contributed by atoms with Crippen LogP contribution < -0.4 is 10.1 Å². The number of aryl methyl sites for hydroxylation is 1. The number of pyridine rings is 1. The highest BCUT2D eigenvalue weighted by atomic mass is 32.2. The number of nitrogens with zero attached hydrogens (tertiary/aromatic N) is 1. The van der Waals surface area contributed by atoms with Crippen LogP contribution >= 0.6 is 11.8 Å². The van der Waals surface area contributed by atoms with Crippen LogP contribution in [0.15, 0.2) is 35.4 Å². The first-order chi connectivity index (χ1) is 9.65. The second-order valence-electron chi connectivity index (χ2n) is 4.63. The Balaban J connectivity index is 2.14. The fourth-order valence-corrected chi connectivity index (χ4v) is 2.63. The van der Waals surface area contributed by atoms with Gasteiger partial charge in [0.25, 0.3) is 0 Å². The van der Waals surface area contributed by atoms with Gasteiger partial charge in [0.2, 0.25) is 0 Å². The van der Waals surface area contributed by atoms with Crippen LogP contribution in [0, 0.1) is 13.8 Å². The summed E-state index contributed by atoms with van der Waals surface area (Å²) in [6.45, 7) is 4.76. The van der Waals surface area contributed by atoms with Gasteiger partial charge in [-0.2, -0.15) is 0 Å². The second kappa shape index (κ2) is 6.66. The van der Waals surface area contributed by atoms with Gasteiger partial charge < -0.3 is 10.1 Å². The highest BCUT2D eigenvalue weighted by Crippen LogP contribution is 2.25. The number of ether oxygens (including phenoxy) is 1. The van der Waals surface area contributed by atoms with Gasteiger partial charge in [-0.15, -0.1) is 11.8 Å². The first-order valence-electron chi connectivity index (χ1n) is 6.52. The van der Waals surface area contributed by atoms with E-state index in [1.54, 1.807) is 18.9 Å². The van der Waals surface area contributed by atoms with E-state index in [2.05, 4.69) is 40.8 Å². The molecule has 20 heavy (non-hydrogen) atoms. The van der Waals surface area contributed by atoms with E-state index in [1.807, 2.05) is 20.0 Å². The summed E-state index contributed by atoms with van der Waals surface area (Å²) in [4.78, 5) is 5.75. The molecule has 4 heteroatoms. The summed E-state index contributed by atoms with van der Waals surface area (Å²) in [5.41, 5.74) is 4.29. The lowest BCUT2D eigenvalue weighted by Crippen LogP contribution is -2.06. The van der Waals surface area contributed by atoms with Gasteiger partial charge in [0.1, 0.15) is 5.75 Å². The smallest absolute Gasteiger partial charge is 0.128 e. The van der Waals surface area contributed by atoms with Crippen molar-refractivity contribution < 1.29 is 4.74 Å². The Morgan fingerprint density at radius 2 is 2.10 bits per heavy atom. The average molecular weight is 288 g/mol. The minimum atomic E-state index is 0.695. The molecule has 0 bridgehead atoms. The minimum absolute atomic E-state index is 0.695. The van der Waals surface area contributed by atoms with Gasteiger partial charge in [0, 0.05) is 27.9 Å². The SMILES string of the molecule is COc1c(C)cnc(CNc2cccc(SC)c2)c1C. The van der Waals surface area contributed by atoms with Crippen molar-refractivity contribution in [3.05, 3.63) is 47.3 Å². The Labute approximate surface area is 124 Å². The number of hydrogen-bond acceptors (Lipinski definition) is 4. The van der Waals surface area contributed by atoms with Crippen LogP contribution in [0.2, 0.25) is 0 Å². The number of methoxy groups -OCH3 is 1. The lowest BCUT2D eigenvalue weighted by atomic mass is 10.1. The van der Waals surface area contributed by atoms with Crippen molar-refractivity contribution in [3.8, 4) is 5.75 Å². The predicted octanol–water partition coefficient (Wildman–Crippen LogP) is 4.04. The largest absolute Gasteiger partial charge is 0.496 e. The van der Waals surface area contributed by atoms with Crippen LogP contribution in [0.5, 0.6) is 5.75 Å². The van der Waals surface area contributed by atoms with Crippen molar-refractivity contribution in [1.29, 1.82) is 0 Å². The van der Waals surface area contributed by atoms with Crippen molar-refractivity contribution >= 4 is 17.4 Å². The molecule has 0 atom stereocenters. The molecule has 2 aromatic rings. The maximum atomic E-state index is 5.43. The summed E-state index contributed by atoms with van der Waals surface area (Å²) in [5.74, 6) is 0.926. The van der Waals surface area contributed by atoms with Gasteiger partial charge >= 0.3 is 0 Å². The molecule has 0 amide bonds. The summed E-state index contributed by atoms with van der Waals surface area (Å²) in [6, 6.07) is 8.38. The molecule has 0 spiro atoms. The summed E-state index contributed by atoms with van der Waals surface area (Å²) in [7, 11) is 1.70. The van der Waals surface area contributed by atoms with E-state index in [0.717, 1.165) is 28.3 Å². The monoisotopic (exact) mass is 288 g/mol. The van der Waals surface area contributed by atoms with Gasteiger partial charge in [0.05, 0.1) is 19.3 Å². The van der Waals surface area contributed by atoms with E-state index < -0.39 is 0 Å². The third kappa shape index (κ3) is 3.25. The molecule has 2 rings (SSSR count). The van der Waals surface area contributed by atoms with Gasteiger partial charge in [0.15, 0.2) is 0 Å². The quantitative estimate of drug-likeness (QED) is 0.842. The van der Waals surface area contributed by atoms with Gasteiger partial charge in [-0.05, 0) is 38.3 Å². The van der Waals surface area contributed by atoms with Crippen molar-refractivity contribution in [2.45, 2.75) is 25.3 Å². The number of anilines is 1. The van der Waals surface area contributed by atoms with E-state index in [1.165, 1.54) is 4.90 Å². The number of thioether (sulfide) groups is 1. The Morgan fingerprint density at radius 1 is 1.30 bits per heavy atom. The first kappa shape index (κ1) is 14.7. The van der Waals surface area contributed by atoms with E-state index in [9.17, 15) is 0 Å². The van der Waals surface area contributed by atoms with Crippen LogP contribution in [0.4, 0.5) is 5.69 Å². The number of benzene rings is 1. The molecule has 106 valence electrons. The summed E-state index contributed by atoms with van der Waals surface area (Å²) >= 11 is 1.74. The highest BCUT2D eigenvalue weighted by molar-refractivity contribution is 7.98. The van der Waals surface area contributed by atoms with Crippen LogP contribution in [-0.2, 0) is 6.54 Å². The van der Waals surface area contributed by atoms with E-state index >= 15 is 0 Å². The molecule has 0 radical (unpaired) electrons. The van der Waals surface area contributed by atoms with Crippen LogP contribution in [0.25, 0.3) is 0 Å². The summed E-state index contributed by atoms with van der Waals surface area (Å²) < 4.78 is 5.43. The number of nitrogens with one attached hydrogen (secondary N) is 1. The second-order valence-corrected chi connectivity index (χ2v) is 5.51. The lowest BCUT2D eigenvalue weighted by molar-refractivity contribution is 0.407. The van der Waals surface area contributed by atoms with Crippen molar-refractivity contribution in [1.82, 2.24) is 4.98 Å². The van der Waals surface area contributed by atoms with Crippen LogP contribution in [-0.4, -0.2) is 18.3 Å². The molecule has 1 aromatic carbocycles. The molecular weight excluding hydrogens is 268 g/mol. The fraction of sp³-hybridized carbons (Fsp3) is 0.312. The molecular formula is C16H20N2OS. The highest BCUT2D eigenvalue weighted by Gasteiger charge is 2.09. The van der Waals surface area contributed by atoms with E-state index in [0.29, 0.717) is 6.54 Å². The molecule has 0 saturated heterocycles. The minimum Gasteiger partial charge on any atom is -0.496 e. The Morgan fingerprint density at radius 3 is 2.80 bits per heavy atom. The van der Waals surface area contributed by atoms with Crippen molar-refractivity contribution in [2.24, 2.45) is 0 Å². The molecule has 1 aromatic heterocycles. The van der Waals surface area contributed by atoms with Gasteiger partial charge in [-0.1, -0.05) is 6.07 Å². The first-order valence-corrected chi connectivity index (χ1v) is 7.75. The van der Waals surface area contributed by atoms with Gasteiger partial charge in [-0.3, -0.25) is 4.98 Å². The van der Waals surface area contributed by atoms with E-state index in [-0.39, 0.29) is 0 Å². The van der Waals surface area contributed by atoms with Crippen molar-refractivity contribution in [2.75, 3.05) is 18.7 Å². The van der Waals surface area contributed by atoms with E-state index in [4.69, 9.17) is 4.74 Å². The van der Waals surface area contributed by atoms with Crippen molar-refractivity contribution in [3.63, 3.8) is 0 Å². The zero-order chi connectivity index (χ0) is 14.5. The molecule has 0 aliphatic heterocycles. The molecule has 1 heterocycles. The van der Waals surface area contributed by atoms with Gasteiger partial charge in [-0.25, -0.2) is 0 Å². The zero-order valence-corrected chi connectivity index (χ0v) is 13.2.